The molecule has 1 aliphatic rings. The summed E-state index contributed by atoms with van der Waals surface area (Å²) >= 11 is 0. The lowest BCUT2D eigenvalue weighted by Gasteiger charge is -2.19. The fourth-order valence-electron chi connectivity index (χ4n) is 2.78. The topological polar surface area (TPSA) is 97.9 Å². The molecule has 0 aliphatic carbocycles. The van der Waals surface area contributed by atoms with Gasteiger partial charge in [-0.2, -0.15) is 10.4 Å². The fraction of sp³-hybridized carbons (Fsp3) is 0.438. The average Bonchev–Trinajstić information content (AvgIpc) is 3.16. The number of H-pyrrole nitrogens is 1. The molecule has 120 valence electrons. The van der Waals surface area contributed by atoms with Gasteiger partial charge < -0.3 is 15.0 Å². The van der Waals surface area contributed by atoms with Gasteiger partial charge in [0.2, 0.25) is 0 Å². The van der Waals surface area contributed by atoms with Gasteiger partial charge in [-0.3, -0.25) is 9.48 Å². The van der Waals surface area contributed by atoms with Gasteiger partial charge in [-0.05, 0) is 25.0 Å². The number of nitrogens with one attached hydrogen (secondary N) is 1. The third-order valence-corrected chi connectivity index (χ3v) is 4.09. The molecule has 0 spiro atoms. The molecule has 7 heteroatoms. The van der Waals surface area contributed by atoms with Crippen LogP contribution in [0.2, 0.25) is 0 Å². The van der Waals surface area contributed by atoms with Crippen molar-refractivity contribution in [3.05, 3.63) is 41.0 Å². The predicted molar refractivity (Wildman–Crippen MR) is 82.3 cm³/mol. The van der Waals surface area contributed by atoms with Crippen LogP contribution in [0.1, 0.15) is 53.3 Å². The molecular formula is C16H19N5O2. The summed E-state index contributed by atoms with van der Waals surface area (Å²) in [5.41, 5.74) is 2.44. The Balaban J connectivity index is 1.81. The van der Waals surface area contributed by atoms with Crippen LogP contribution < -0.4 is 0 Å². The Labute approximate surface area is 134 Å². The zero-order valence-corrected chi connectivity index (χ0v) is 13.0. The third kappa shape index (κ3) is 2.98. The molecule has 7 nitrogen and oxygen atoms in total. The number of aromatic amines is 1. The maximum atomic E-state index is 12.6. The highest BCUT2D eigenvalue weighted by molar-refractivity contribution is 5.92. The van der Waals surface area contributed by atoms with E-state index in [0.717, 1.165) is 18.7 Å². The third-order valence-electron chi connectivity index (χ3n) is 4.09. The second-order valence-corrected chi connectivity index (χ2v) is 5.70. The van der Waals surface area contributed by atoms with Crippen molar-refractivity contribution in [3.8, 4) is 6.07 Å². The molecule has 0 unspecified atom stereocenters. The van der Waals surface area contributed by atoms with Gasteiger partial charge in [-0.15, -0.1) is 0 Å². The van der Waals surface area contributed by atoms with E-state index in [2.05, 4.69) is 10.1 Å². The molecular weight excluding hydrogens is 294 g/mol. The number of nitrogens with zero attached hydrogens (tertiary/aromatic N) is 4. The number of aliphatic hydroxyl groups is 1. The largest absolute Gasteiger partial charge is 0.387 e. The van der Waals surface area contributed by atoms with Crippen molar-refractivity contribution >= 4 is 5.91 Å². The summed E-state index contributed by atoms with van der Waals surface area (Å²) in [6.07, 6.45) is 2.37. The number of hydrogen-bond acceptors (Lipinski definition) is 4. The molecule has 1 atom stereocenters. The SMILES string of the molecule is CC[C@H](O)c1cc2n(n1)CCCN(C(=O)c1cc(C#N)c[nH]1)C2. The molecule has 1 aliphatic heterocycles. The van der Waals surface area contributed by atoms with Crippen LogP contribution in [0, 0.1) is 11.3 Å². The van der Waals surface area contributed by atoms with Crippen molar-refractivity contribution < 1.29 is 9.90 Å². The average molecular weight is 313 g/mol. The van der Waals surface area contributed by atoms with Crippen LogP contribution >= 0.6 is 0 Å². The van der Waals surface area contributed by atoms with E-state index < -0.39 is 6.10 Å². The molecule has 0 saturated carbocycles. The van der Waals surface area contributed by atoms with Crippen molar-refractivity contribution in [3.63, 3.8) is 0 Å². The van der Waals surface area contributed by atoms with Crippen LogP contribution in [-0.4, -0.2) is 37.2 Å². The number of aryl methyl sites for hydroxylation is 1. The van der Waals surface area contributed by atoms with Crippen molar-refractivity contribution in [2.75, 3.05) is 6.54 Å². The van der Waals surface area contributed by atoms with Crippen LogP contribution in [0.3, 0.4) is 0 Å². The van der Waals surface area contributed by atoms with Crippen molar-refractivity contribution in [2.45, 2.75) is 39.0 Å². The smallest absolute Gasteiger partial charge is 0.270 e. The van der Waals surface area contributed by atoms with E-state index in [1.807, 2.05) is 23.7 Å². The first-order valence-electron chi connectivity index (χ1n) is 7.75. The zero-order chi connectivity index (χ0) is 16.4. The van der Waals surface area contributed by atoms with Gasteiger partial charge in [-0.1, -0.05) is 6.92 Å². The minimum atomic E-state index is -0.569. The quantitative estimate of drug-likeness (QED) is 0.898. The van der Waals surface area contributed by atoms with E-state index in [0.29, 0.717) is 36.5 Å². The molecule has 1 amide bonds. The van der Waals surface area contributed by atoms with Crippen molar-refractivity contribution in [1.82, 2.24) is 19.7 Å². The standard InChI is InChI=1S/C16H19N5O2/c1-2-15(22)13-7-12-10-20(4-3-5-21(12)19-13)16(23)14-6-11(8-17)9-18-14/h6-7,9,15,18,22H,2-5,10H2,1H3/t15-/m0/s1. The lowest BCUT2D eigenvalue weighted by molar-refractivity contribution is 0.0740. The number of rotatable bonds is 3. The minimum absolute atomic E-state index is 0.126. The summed E-state index contributed by atoms with van der Waals surface area (Å²) in [6, 6.07) is 5.45. The molecule has 2 aromatic heterocycles. The van der Waals surface area contributed by atoms with Gasteiger partial charge in [0.25, 0.3) is 5.91 Å². The van der Waals surface area contributed by atoms with E-state index in [4.69, 9.17) is 5.26 Å². The van der Waals surface area contributed by atoms with Gasteiger partial charge in [-0.25, -0.2) is 0 Å². The van der Waals surface area contributed by atoms with E-state index in [1.54, 1.807) is 11.0 Å². The van der Waals surface area contributed by atoms with E-state index in [9.17, 15) is 9.90 Å². The Morgan fingerprint density at radius 1 is 1.52 bits per heavy atom. The summed E-state index contributed by atoms with van der Waals surface area (Å²) in [5.74, 6) is -0.126. The number of aromatic nitrogens is 3. The molecule has 23 heavy (non-hydrogen) atoms. The maximum Gasteiger partial charge on any atom is 0.270 e. The first kappa shape index (κ1) is 15.3. The van der Waals surface area contributed by atoms with Gasteiger partial charge in [0.15, 0.2) is 0 Å². The van der Waals surface area contributed by atoms with E-state index in [1.165, 1.54) is 6.20 Å². The number of carbonyl (C=O) groups is 1. The second-order valence-electron chi connectivity index (χ2n) is 5.70. The lowest BCUT2D eigenvalue weighted by Crippen LogP contribution is -2.30. The second kappa shape index (κ2) is 6.26. The molecule has 0 fully saturated rings. The van der Waals surface area contributed by atoms with Crippen LogP contribution in [0.4, 0.5) is 0 Å². The molecule has 3 heterocycles. The van der Waals surface area contributed by atoms with Crippen LogP contribution in [0.5, 0.6) is 0 Å². The highest BCUT2D eigenvalue weighted by Gasteiger charge is 2.23. The molecule has 0 bridgehead atoms. The predicted octanol–water partition coefficient (Wildman–Crippen LogP) is 1.57. The van der Waals surface area contributed by atoms with Crippen molar-refractivity contribution in [2.24, 2.45) is 0 Å². The summed E-state index contributed by atoms with van der Waals surface area (Å²) in [6.45, 7) is 3.71. The van der Waals surface area contributed by atoms with Crippen LogP contribution in [0.25, 0.3) is 0 Å². The number of nitriles is 1. The van der Waals surface area contributed by atoms with Gasteiger partial charge >= 0.3 is 0 Å². The number of amides is 1. The van der Waals surface area contributed by atoms with Gasteiger partial charge in [0, 0.05) is 19.3 Å². The fourth-order valence-corrected chi connectivity index (χ4v) is 2.78. The zero-order valence-electron chi connectivity index (χ0n) is 13.0. The highest BCUT2D eigenvalue weighted by Crippen LogP contribution is 2.21. The lowest BCUT2D eigenvalue weighted by atomic mass is 10.2. The summed E-state index contributed by atoms with van der Waals surface area (Å²) in [5, 5.41) is 23.2. The number of fused-ring (bicyclic) bond motifs is 1. The Bertz CT molecular complexity index is 755. The first-order chi connectivity index (χ1) is 11.1. The Morgan fingerprint density at radius 2 is 2.35 bits per heavy atom. The Hall–Kier alpha value is -2.59. The molecule has 3 rings (SSSR count). The minimum Gasteiger partial charge on any atom is -0.387 e. The van der Waals surface area contributed by atoms with Gasteiger partial charge in [0.05, 0.1) is 29.6 Å². The number of carbonyl (C=O) groups excluding carboxylic acids is 1. The highest BCUT2D eigenvalue weighted by atomic mass is 16.3. The molecule has 0 radical (unpaired) electrons. The number of aliphatic hydroxyl groups excluding tert-OH is 1. The summed E-state index contributed by atoms with van der Waals surface area (Å²) in [7, 11) is 0. The Morgan fingerprint density at radius 3 is 3.04 bits per heavy atom. The first-order valence-corrected chi connectivity index (χ1v) is 7.75. The Kier molecular flexibility index (Phi) is 4.17. The monoisotopic (exact) mass is 313 g/mol. The van der Waals surface area contributed by atoms with Crippen LogP contribution in [-0.2, 0) is 13.1 Å². The molecule has 2 aromatic rings. The van der Waals surface area contributed by atoms with E-state index >= 15 is 0 Å². The summed E-state index contributed by atoms with van der Waals surface area (Å²) in [4.78, 5) is 17.2. The van der Waals surface area contributed by atoms with Gasteiger partial charge in [0.1, 0.15) is 11.8 Å². The molecule has 0 saturated heterocycles. The van der Waals surface area contributed by atoms with E-state index in [-0.39, 0.29) is 5.91 Å². The molecule has 0 aromatic carbocycles. The number of hydrogen-bond donors (Lipinski definition) is 2. The van der Waals surface area contributed by atoms with Crippen molar-refractivity contribution in [1.29, 1.82) is 5.26 Å². The van der Waals surface area contributed by atoms with Crippen LogP contribution in [0.15, 0.2) is 18.3 Å². The normalized spacial score (nSPS) is 15.6. The maximum absolute atomic E-state index is 12.6. The summed E-state index contributed by atoms with van der Waals surface area (Å²) < 4.78 is 1.87. The molecule has 2 N–H and O–H groups in total.